The van der Waals surface area contributed by atoms with Gasteiger partial charge in [0.1, 0.15) is 5.82 Å². The Morgan fingerprint density at radius 3 is 2.45 bits per heavy atom. The van der Waals surface area contributed by atoms with Gasteiger partial charge < -0.3 is 10.6 Å². The van der Waals surface area contributed by atoms with Crippen LogP contribution in [0.15, 0.2) is 48.5 Å². The first-order chi connectivity index (χ1) is 9.70. The molecule has 104 valence electrons. The predicted molar refractivity (Wildman–Crippen MR) is 79.6 cm³/mol. The van der Waals surface area contributed by atoms with Gasteiger partial charge in [0, 0.05) is 17.8 Å². The summed E-state index contributed by atoms with van der Waals surface area (Å²) in [6.45, 7) is 2.98. The summed E-state index contributed by atoms with van der Waals surface area (Å²) in [7, 11) is 0. The second-order valence-corrected chi connectivity index (χ2v) is 4.44. The highest BCUT2D eigenvalue weighted by atomic mass is 19.1. The van der Waals surface area contributed by atoms with Crippen LogP contribution in [0, 0.1) is 5.82 Å². The molecule has 2 N–H and O–H groups in total. The smallest absolute Gasteiger partial charge is 0.255 e. The van der Waals surface area contributed by atoms with E-state index in [1.807, 2.05) is 12.1 Å². The van der Waals surface area contributed by atoms with Crippen LogP contribution in [0.3, 0.4) is 0 Å². The molecule has 20 heavy (non-hydrogen) atoms. The Bertz CT molecular complexity index is 581. The van der Waals surface area contributed by atoms with Gasteiger partial charge >= 0.3 is 0 Å². The molecule has 0 radical (unpaired) electrons. The Morgan fingerprint density at radius 1 is 1.10 bits per heavy atom. The van der Waals surface area contributed by atoms with E-state index in [-0.39, 0.29) is 11.6 Å². The van der Waals surface area contributed by atoms with Crippen LogP contribution in [-0.4, -0.2) is 12.5 Å². The summed E-state index contributed by atoms with van der Waals surface area (Å²) in [6, 6.07) is 13.2. The molecular weight excluding hydrogens is 255 g/mol. The summed E-state index contributed by atoms with van der Waals surface area (Å²) in [5.74, 6) is -0.765. The molecule has 0 heterocycles. The predicted octanol–water partition coefficient (Wildman–Crippen LogP) is 3.90. The highest BCUT2D eigenvalue weighted by Gasteiger charge is 2.08. The molecule has 2 aromatic carbocycles. The highest BCUT2D eigenvalue weighted by molar-refractivity contribution is 6.04. The van der Waals surface area contributed by atoms with E-state index in [1.165, 1.54) is 12.1 Å². The Balaban J connectivity index is 2.04. The Labute approximate surface area is 117 Å². The Morgan fingerprint density at radius 2 is 1.80 bits per heavy atom. The number of carbonyl (C=O) groups excluding carboxylic acids is 1. The lowest BCUT2D eigenvalue weighted by molar-refractivity contribution is 0.102. The van der Waals surface area contributed by atoms with Gasteiger partial charge in [-0.2, -0.15) is 0 Å². The molecule has 0 saturated heterocycles. The van der Waals surface area contributed by atoms with Crippen LogP contribution in [0.1, 0.15) is 23.7 Å². The monoisotopic (exact) mass is 272 g/mol. The van der Waals surface area contributed by atoms with E-state index in [1.54, 1.807) is 24.3 Å². The molecule has 0 spiro atoms. The summed E-state index contributed by atoms with van der Waals surface area (Å²) in [5.41, 5.74) is 1.65. The Kier molecular flexibility index (Phi) is 4.71. The Hall–Kier alpha value is -2.36. The van der Waals surface area contributed by atoms with E-state index in [0.29, 0.717) is 5.56 Å². The number of hydrogen-bond acceptors (Lipinski definition) is 2. The normalized spacial score (nSPS) is 10.1. The molecule has 0 unspecified atom stereocenters. The summed E-state index contributed by atoms with van der Waals surface area (Å²) in [5, 5.41) is 5.78. The highest BCUT2D eigenvalue weighted by Crippen LogP contribution is 2.15. The molecule has 0 bridgehead atoms. The van der Waals surface area contributed by atoms with Gasteiger partial charge in [-0.05, 0) is 42.8 Å². The summed E-state index contributed by atoms with van der Waals surface area (Å²) in [6.07, 6.45) is 1.04. The largest absolute Gasteiger partial charge is 0.385 e. The number of carbonyl (C=O) groups is 1. The van der Waals surface area contributed by atoms with Gasteiger partial charge in [-0.15, -0.1) is 0 Å². The van der Waals surface area contributed by atoms with Crippen molar-refractivity contribution >= 4 is 17.3 Å². The van der Waals surface area contributed by atoms with Gasteiger partial charge in [0.25, 0.3) is 5.91 Å². The van der Waals surface area contributed by atoms with Crippen molar-refractivity contribution in [3.05, 3.63) is 59.9 Å². The first-order valence-corrected chi connectivity index (χ1v) is 6.60. The number of para-hydroxylation sites is 1. The van der Waals surface area contributed by atoms with Gasteiger partial charge in [-0.3, -0.25) is 4.79 Å². The van der Waals surface area contributed by atoms with Crippen molar-refractivity contribution in [1.29, 1.82) is 0 Å². The lowest BCUT2D eigenvalue weighted by Crippen LogP contribution is -2.13. The van der Waals surface area contributed by atoms with E-state index in [4.69, 9.17) is 0 Å². The van der Waals surface area contributed by atoms with Crippen molar-refractivity contribution in [2.24, 2.45) is 0 Å². The molecule has 3 nitrogen and oxygen atoms in total. The molecule has 1 amide bonds. The first kappa shape index (κ1) is 14.1. The minimum Gasteiger partial charge on any atom is -0.385 e. The zero-order valence-corrected chi connectivity index (χ0v) is 11.3. The van der Waals surface area contributed by atoms with Gasteiger partial charge in [0.15, 0.2) is 0 Å². The quantitative estimate of drug-likeness (QED) is 0.866. The molecule has 0 aliphatic carbocycles. The molecule has 0 fully saturated rings. The molecule has 0 atom stereocenters. The molecular formula is C16H17FN2O. The SMILES string of the molecule is CCCNc1ccc(C(=O)Nc2ccccc2F)cc1. The second-order valence-electron chi connectivity index (χ2n) is 4.44. The molecule has 2 aromatic rings. The zero-order chi connectivity index (χ0) is 14.4. The van der Waals surface area contributed by atoms with E-state index < -0.39 is 5.82 Å². The van der Waals surface area contributed by atoms with Crippen molar-refractivity contribution in [2.75, 3.05) is 17.2 Å². The van der Waals surface area contributed by atoms with Crippen LogP contribution in [0.4, 0.5) is 15.8 Å². The van der Waals surface area contributed by atoms with Crippen LogP contribution < -0.4 is 10.6 Å². The number of amides is 1. The second kappa shape index (κ2) is 6.70. The number of halogens is 1. The van der Waals surface area contributed by atoms with Crippen LogP contribution >= 0.6 is 0 Å². The third-order valence-corrected chi connectivity index (χ3v) is 2.85. The first-order valence-electron chi connectivity index (χ1n) is 6.60. The fourth-order valence-corrected chi connectivity index (χ4v) is 1.77. The molecule has 0 aliphatic heterocycles. The number of rotatable bonds is 5. The van der Waals surface area contributed by atoms with Gasteiger partial charge in [-0.1, -0.05) is 19.1 Å². The van der Waals surface area contributed by atoms with Crippen molar-refractivity contribution in [1.82, 2.24) is 0 Å². The van der Waals surface area contributed by atoms with Crippen molar-refractivity contribution in [3.63, 3.8) is 0 Å². The molecule has 0 aliphatic rings. The van der Waals surface area contributed by atoms with Gasteiger partial charge in [0.2, 0.25) is 0 Å². The standard InChI is InChI=1S/C16H17FN2O/c1-2-11-18-13-9-7-12(8-10-13)16(20)19-15-6-4-3-5-14(15)17/h3-10,18H,2,11H2,1H3,(H,19,20). The topological polar surface area (TPSA) is 41.1 Å². The fraction of sp³-hybridized carbons (Fsp3) is 0.188. The zero-order valence-electron chi connectivity index (χ0n) is 11.3. The van der Waals surface area contributed by atoms with E-state index in [2.05, 4.69) is 17.6 Å². The summed E-state index contributed by atoms with van der Waals surface area (Å²) < 4.78 is 13.4. The summed E-state index contributed by atoms with van der Waals surface area (Å²) >= 11 is 0. The average molecular weight is 272 g/mol. The minimum atomic E-state index is -0.443. The molecule has 4 heteroatoms. The fourth-order valence-electron chi connectivity index (χ4n) is 1.77. The number of hydrogen-bond donors (Lipinski definition) is 2. The molecule has 0 aromatic heterocycles. The average Bonchev–Trinajstić information content (AvgIpc) is 2.48. The third-order valence-electron chi connectivity index (χ3n) is 2.85. The molecule has 0 saturated carbocycles. The maximum Gasteiger partial charge on any atom is 0.255 e. The number of nitrogens with one attached hydrogen (secondary N) is 2. The van der Waals surface area contributed by atoms with Crippen LogP contribution in [0.25, 0.3) is 0 Å². The van der Waals surface area contributed by atoms with Crippen molar-refractivity contribution in [2.45, 2.75) is 13.3 Å². The number of anilines is 2. The van der Waals surface area contributed by atoms with E-state index in [0.717, 1.165) is 18.7 Å². The van der Waals surface area contributed by atoms with E-state index >= 15 is 0 Å². The summed E-state index contributed by atoms with van der Waals surface area (Å²) in [4.78, 5) is 12.0. The van der Waals surface area contributed by atoms with Crippen LogP contribution in [0.2, 0.25) is 0 Å². The van der Waals surface area contributed by atoms with Gasteiger partial charge in [-0.25, -0.2) is 4.39 Å². The number of benzene rings is 2. The lowest BCUT2D eigenvalue weighted by Gasteiger charge is -2.08. The maximum absolute atomic E-state index is 13.4. The van der Waals surface area contributed by atoms with Gasteiger partial charge in [0.05, 0.1) is 5.69 Å². The van der Waals surface area contributed by atoms with Crippen molar-refractivity contribution < 1.29 is 9.18 Å². The van der Waals surface area contributed by atoms with Crippen LogP contribution in [0.5, 0.6) is 0 Å². The molecule has 2 rings (SSSR count). The minimum absolute atomic E-state index is 0.186. The van der Waals surface area contributed by atoms with E-state index in [9.17, 15) is 9.18 Å². The third kappa shape index (κ3) is 3.57. The van der Waals surface area contributed by atoms with Crippen molar-refractivity contribution in [3.8, 4) is 0 Å². The lowest BCUT2D eigenvalue weighted by atomic mass is 10.2. The maximum atomic E-state index is 13.4. The van der Waals surface area contributed by atoms with Crippen LogP contribution in [-0.2, 0) is 0 Å².